The average Bonchev–Trinajstić information content (AvgIpc) is 2.13. The van der Waals surface area contributed by atoms with Crippen molar-refractivity contribution >= 4 is 0 Å². The van der Waals surface area contributed by atoms with Crippen LogP contribution in [0.3, 0.4) is 0 Å². The summed E-state index contributed by atoms with van der Waals surface area (Å²) in [6, 6.07) is 0. The van der Waals surface area contributed by atoms with Crippen LogP contribution in [0.4, 0.5) is 0 Å². The lowest BCUT2D eigenvalue weighted by Gasteiger charge is -2.21. The molecule has 4 nitrogen and oxygen atoms in total. The van der Waals surface area contributed by atoms with Gasteiger partial charge in [-0.2, -0.15) is 0 Å². The molecule has 88 valence electrons. The number of aliphatic hydroxyl groups is 2. The fraction of sp³-hybridized carbons (Fsp3) is 1.00. The molecule has 0 atom stereocenters. The first-order chi connectivity index (χ1) is 6.45. The molecule has 0 aromatic rings. The molecule has 0 radical (unpaired) electrons. The van der Waals surface area contributed by atoms with Gasteiger partial charge in [0.2, 0.25) is 0 Å². The van der Waals surface area contributed by atoms with Crippen molar-refractivity contribution in [3.8, 4) is 0 Å². The Bertz CT molecular complexity index is 112. The first kappa shape index (κ1) is 16.3. The predicted octanol–water partition coefficient (Wildman–Crippen LogP) is 0.682. The van der Waals surface area contributed by atoms with E-state index in [1.54, 1.807) is 7.11 Å². The minimum atomic E-state index is -1.55. The maximum absolute atomic E-state index is 8.99. The van der Waals surface area contributed by atoms with Gasteiger partial charge < -0.3 is 19.8 Å². The molecule has 0 aliphatic heterocycles. The molecule has 0 saturated carbocycles. The summed E-state index contributed by atoms with van der Waals surface area (Å²) in [6.07, 6.45) is 0.354. The van der Waals surface area contributed by atoms with Gasteiger partial charge in [0.1, 0.15) is 0 Å². The van der Waals surface area contributed by atoms with Crippen molar-refractivity contribution < 1.29 is 14.9 Å². The van der Waals surface area contributed by atoms with Crippen molar-refractivity contribution in [2.24, 2.45) is 0 Å². The molecule has 0 bridgehead atoms. The van der Waals surface area contributed by atoms with Gasteiger partial charge >= 0.3 is 0 Å². The van der Waals surface area contributed by atoms with Crippen LogP contribution < -0.4 is 0 Å². The van der Waals surface area contributed by atoms with E-state index in [4.69, 9.17) is 14.9 Å². The van der Waals surface area contributed by atoms with E-state index in [0.717, 1.165) is 6.54 Å². The number of rotatable bonds is 6. The van der Waals surface area contributed by atoms with Crippen LogP contribution in [0, 0.1) is 0 Å². The van der Waals surface area contributed by atoms with Gasteiger partial charge in [-0.1, -0.05) is 13.8 Å². The van der Waals surface area contributed by atoms with Crippen molar-refractivity contribution in [1.29, 1.82) is 0 Å². The van der Waals surface area contributed by atoms with Crippen LogP contribution in [-0.4, -0.2) is 54.8 Å². The fourth-order valence-electron chi connectivity index (χ4n) is 0.762. The summed E-state index contributed by atoms with van der Waals surface area (Å²) < 4.78 is 4.88. The summed E-state index contributed by atoms with van der Waals surface area (Å²) in [4.78, 5) is 1.99. The standard InChI is InChI=1S/C8H19NO3.C2H6/c1-8(10,11)4-5-9(2)6-7-12-3;1-2/h10-11H,4-7H2,1-3H3;1-2H3. The van der Waals surface area contributed by atoms with Crippen LogP contribution in [0.2, 0.25) is 0 Å². The van der Waals surface area contributed by atoms with Gasteiger partial charge in [-0.15, -0.1) is 0 Å². The molecule has 0 saturated heterocycles. The third-order valence-electron chi connectivity index (χ3n) is 1.64. The second kappa shape index (κ2) is 9.40. The zero-order valence-electron chi connectivity index (χ0n) is 10.1. The van der Waals surface area contributed by atoms with E-state index in [-0.39, 0.29) is 0 Å². The highest BCUT2D eigenvalue weighted by molar-refractivity contribution is 4.60. The largest absolute Gasteiger partial charge is 0.383 e. The highest BCUT2D eigenvalue weighted by Crippen LogP contribution is 2.03. The Kier molecular flexibility index (Phi) is 10.9. The van der Waals surface area contributed by atoms with Gasteiger partial charge in [0.15, 0.2) is 5.79 Å². The van der Waals surface area contributed by atoms with E-state index >= 15 is 0 Å². The molecule has 0 rings (SSSR count). The molecule has 0 unspecified atom stereocenters. The molecule has 0 aliphatic rings. The first-order valence-corrected chi connectivity index (χ1v) is 5.08. The molecule has 4 heteroatoms. The summed E-state index contributed by atoms with van der Waals surface area (Å²) in [7, 11) is 3.57. The minimum Gasteiger partial charge on any atom is -0.383 e. The number of methoxy groups -OCH3 is 1. The average molecular weight is 207 g/mol. The molecule has 0 heterocycles. The van der Waals surface area contributed by atoms with Crippen LogP contribution >= 0.6 is 0 Å². The molecular formula is C10H25NO3. The Morgan fingerprint density at radius 1 is 1.21 bits per heavy atom. The molecule has 0 aliphatic carbocycles. The van der Waals surface area contributed by atoms with E-state index < -0.39 is 5.79 Å². The van der Waals surface area contributed by atoms with Crippen LogP contribution in [0.5, 0.6) is 0 Å². The number of nitrogens with zero attached hydrogens (tertiary/aromatic N) is 1. The highest BCUT2D eigenvalue weighted by atomic mass is 16.5. The second-order valence-corrected chi connectivity index (χ2v) is 3.26. The van der Waals surface area contributed by atoms with Crippen molar-refractivity contribution in [3.63, 3.8) is 0 Å². The van der Waals surface area contributed by atoms with E-state index in [9.17, 15) is 0 Å². The van der Waals surface area contributed by atoms with Crippen LogP contribution in [0.1, 0.15) is 27.2 Å². The van der Waals surface area contributed by atoms with Gasteiger partial charge in [0.25, 0.3) is 0 Å². The lowest BCUT2D eigenvalue weighted by atomic mass is 10.2. The first-order valence-electron chi connectivity index (χ1n) is 5.08. The summed E-state index contributed by atoms with van der Waals surface area (Å²) in [5, 5.41) is 18.0. The SMILES string of the molecule is CC.COCCN(C)CCC(C)(O)O. The zero-order chi connectivity index (χ0) is 11.6. The molecule has 0 aromatic heterocycles. The molecule has 0 aromatic carbocycles. The molecule has 0 amide bonds. The van der Waals surface area contributed by atoms with Gasteiger partial charge in [-0.25, -0.2) is 0 Å². The Hall–Kier alpha value is -0.160. The summed E-state index contributed by atoms with van der Waals surface area (Å²) >= 11 is 0. The van der Waals surface area contributed by atoms with Crippen LogP contribution in [0.25, 0.3) is 0 Å². The topological polar surface area (TPSA) is 52.9 Å². The quantitative estimate of drug-likeness (QED) is 0.629. The van der Waals surface area contributed by atoms with Crippen molar-refractivity contribution in [2.45, 2.75) is 33.0 Å². The monoisotopic (exact) mass is 207 g/mol. The van der Waals surface area contributed by atoms with Crippen LogP contribution in [0.15, 0.2) is 0 Å². The summed E-state index contributed by atoms with van der Waals surface area (Å²) in [6.45, 7) is 7.53. The number of hydrogen-bond acceptors (Lipinski definition) is 4. The Morgan fingerprint density at radius 2 is 1.71 bits per heavy atom. The van der Waals surface area contributed by atoms with E-state index in [0.29, 0.717) is 19.6 Å². The van der Waals surface area contributed by atoms with Gasteiger partial charge in [-0.3, -0.25) is 0 Å². The minimum absolute atomic E-state index is 0.354. The summed E-state index contributed by atoms with van der Waals surface area (Å²) in [5.41, 5.74) is 0. The van der Waals surface area contributed by atoms with E-state index in [1.807, 2.05) is 25.8 Å². The van der Waals surface area contributed by atoms with E-state index in [1.165, 1.54) is 6.92 Å². The van der Waals surface area contributed by atoms with Crippen LogP contribution in [-0.2, 0) is 4.74 Å². The molecular weight excluding hydrogens is 182 g/mol. The Morgan fingerprint density at radius 3 is 2.07 bits per heavy atom. The molecule has 14 heavy (non-hydrogen) atoms. The van der Waals surface area contributed by atoms with Crippen molar-refractivity contribution in [3.05, 3.63) is 0 Å². The van der Waals surface area contributed by atoms with Gasteiger partial charge in [0, 0.05) is 26.6 Å². The summed E-state index contributed by atoms with van der Waals surface area (Å²) in [5.74, 6) is -1.55. The fourth-order valence-corrected chi connectivity index (χ4v) is 0.762. The Labute approximate surface area is 87.5 Å². The second-order valence-electron chi connectivity index (χ2n) is 3.26. The lowest BCUT2D eigenvalue weighted by molar-refractivity contribution is -0.151. The zero-order valence-corrected chi connectivity index (χ0v) is 10.1. The van der Waals surface area contributed by atoms with E-state index in [2.05, 4.69) is 0 Å². The van der Waals surface area contributed by atoms with Crippen molar-refractivity contribution in [1.82, 2.24) is 4.90 Å². The van der Waals surface area contributed by atoms with Gasteiger partial charge in [0.05, 0.1) is 6.61 Å². The number of likely N-dealkylation sites (N-methyl/N-ethyl adjacent to an activating group) is 1. The molecule has 0 spiro atoms. The highest BCUT2D eigenvalue weighted by Gasteiger charge is 2.14. The Balaban J connectivity index is 0. The van der Waals surface area contributed by atoms with Gasteiger partial charge in [-0.05, 0) is 14.0 Å². The molecule has 2 N–H and O–H groups in total. The lowest BCUT2D eigenvalue weighted by Crippen LogP contribution is -2.32. The molecule has 0 fully saturated rings. The smallest absolute Gasteiger partial charge is 0.160 e. The third-order valence-corrected chi connectivity index (χ3v) is 1.64. The normalized spacial score (nSPS) is 11.1. The van der Waals surface area contributed by atoms with Crippen molar-refractivity contribution in [2.75, 3.05) is 33.9 Å². The number of ether oxygens (including phenoxy) is 1. The maximum atomic E-state index is 8.99. The number of hydrogen-bond donors (Lipinski definition) is 2. The predicted molar refractivity (Wildman–Crippen MR) is 58.2 cm³/mol. The maximum Gasteiger partial charge on any atom is 0.160 e. The third kappa shape index (κ3) is 14.4.